The molecule has 2 amide bonds. The summed E-state index contributed by atoms with van der Waals surface area (Å²) in [6.45, 7) is 1.81. The van der Waals surface area contributed by atoms with Crippen LogP contribution in [0.2, 0.25) is 5.02 Å². The highest BCUT2D eigenvalue weighted by Gasteiger charge is 2.15. The minimum Gasteiger partial charge on any atom is -0.422 e. The van der Waals surface area contributed by atoms with Crippen LogP contribution in [0.3, 0.4) is 0 Å². The Bertz CT molecular complexity index is 1210. The Balaban J connectivity index is 1.69. The van der Waals surface area contributed by atoms with E-state index in [4.69, 9.17) is 16.3 Å². The molecule has 3 rings (SSSR count). The fourth-order valence-corrected chi connectivity index (χ4v) is 3.18. The van der Waals surface area contributed by atoms with Crippen molar-refractivity contribution in [1.29, 1.82) is 0 Å². The molecule has 162 valence electrons. The van der Waals surface area contributed by atoms with Gasteiger partial charge >= 0.3 is 17.8 Å². The van der Waals surface area contributed by atoms with Crippen LogP contribution in [0.25, 0.3) is 0 Å². The molecule has 0 unspecified atom stereocenters. The number of hydrazone groups is 1. The monoisotopic (exact) mass is 513 g/mol. The van der Waals surface area contributed by atoms with Crippen molar-refractivity contribution in [3.05, 3.63) is 92.9 Å². The number of nitrogens with one attached hydrogen (secondary N) is 2. The lowest BCUT2D eigenvalue weighted by Gasteiger charge is -2.09. The van der Waals surface area contributed by atoms with Crippen molar-refractivity contribution in [2.75, 3.05) is 5.32 Å². The van der Waals surface area contributed by atoms with Crippen molar-refractivity contribution in [2.24, 2.45) is 5.10 Å². The topological polar surface area (TPSA) is 96.9 Å². The van der Waals surface area contributed by atoms with Gasteiger partial charge in [0.15, 0.2) is 0 Å². The third-order valence-electron chi connectivity index (χ3n) is 4.24. The number of hydrogen-bond acceptors (Lipinski definition) is 5. The third kappa shape index (κ3) is 6.03. The van der Waals surface area contributed by atoms with Crippen LogP contribution in [0, 0.1) is 6.92 Å². The number of amides is 2. The van der Waals surface area contributed by atoms with Gasteiger partial charge in [-0.1, -0.05) is 57.9 Å². The molecule has 0 bridgehead atoms. The summed E-state index contributed by atoms with van der Waals surface area (Å²) in [6, 6.07) is 18.5. The fraction of sp³-hybridized carbons (Fsp3) is 0.0435. The van der Waals surface area contributed by atoms with Crippen LogP contribution in [0.5, 0.6) is 5.75 Å². The van der Waals surface area contributed by atoms with Crippen molar-refractivity contribution in [3.63, 3.8) is 0 Å². The minimum atomic E-state index is -0.991. The number of nitrogens with zero attached hydrogens (tertiary/aromatic N) is 1. The molecule has 0 saturated heterocycles. The van der Waals surface area contributed by atoms with Gasteiger partial charge in [-0.2, -0.15) is 5.10 Å². The quantitative estimate of drug-likeness (QED) is 0.169. The summed E-state index contributed by atoms with van der Waals surface area (Å²) in [6.07, 6.45) is 1.27. The Morgan fingerprint density at radius 2 is 1.72 bits per heavy atom. The van der Waals surface area contributed by atoms with E-state index in [9.17, 15) is 14.4 Å². The van der Waals surface area contributed by atoms with Gasteiger partial charge in [0.05, 0.1) is 22.5 Å². The van der Waals surface area contributed by atoms with E-state index < -0.39 is 17.8 Å². The van der Waals surface area contributed by atoms with Gasteiger partial charge in [0.1, 0.15) is 5.75 Å². The zero-order valence-corrected chi connectivity index (χ0v) is 19.1. The number of ether oxygens (including phenoxy) is 1. The largest absolute Gasteiger partial charge is 0.422 e. The molecule has 7 nitrogen and oxygen atoms in total. The number of anilines is 1. The van der Waals surface area contributed by atoms with Crippen LogP contribution < -0.4 is 15.5 Å². The van der Waals surface area contributed by atoms with E-state index in [2.05, 4.69) is 31.8 Å². The number of aryl methyl sites for hydroxylation is 1. The fourth-order valence-electron chi connectivity index (χ4n) is 2.62. The first kappa shape index (κ1) is 23.2. The Labute approximate surface area is 197 Å². The summed E-state index contributed by atoms with van der Waals surface area (Å²) >= 11 is 9.30. The molecule has 0 aliphatic heterocycles. The average Bonchev–Trinajstić information content (AvgIpc) is 2.77. The lowest BCUT2D eigenvalue weighted by atomic mass is 10.1. The lowest BCUT2D eigenvalue weighted by molar-refractivity contribution is -0.136. The van der Waals surface area contributed by atoms with Crippen molar-refractivity contribution in [1.82, 2.24) is 5.43 Å². The molecule has 2 N–H and O–H groups in total. The zero-order valence-electron chi connectivity index (χ0n) is 16.8. The standard InChI is InChI=1S/C23H17BrClN3O4/c1-14-6-2-3-7-17(14)23(31)32-20-11-10-16(24)12-15(20)13-26-28-22(30)21(29)27-19-9-5-4-8-18(19)25/h2-13H,1H3,(H,27,29)(H,28,30)/b26-13+. The number of carbonyl (C=O) groups is 3. The Morgan fingerprint density at radius 3 is 2.47 bits per heavy atom. The summed E-state index contributed by atoms with van der Waals surface area (Å²) in [5, 5.41) is 6.49. The van der Waals surface area contributed by atoms with Crippen LogP contribution in [0.1, 0.15) is 21.5 Å². The van der Waals surface area contributed by atoms with Gasteiger partial charge < -0.3 is 10.1 Å². The van der Waals surface area contributed by atoms with Crippen molar-refractivity contribution in [3.8, 4) is 5.75 Å². The first-order valence-corrected chi connectivity index (χ1v) is 10.5. The highest BCUT2D eigenvalue weighted by atomic mass is 79.9. The maximum Gasteiger partial charge on any atom is 0.343 e. The van der Waals surface area contributed by atoms with Crippen molar-refractivity contribution < 1.29 is 19.1 Å². The maximum absolute atomic E-state index is 12.5. The number of carbonyl (C=O) groups excluding carboxylic acids is 3. The second kappa shape index (κ2) is 10.7. The molecule has 0 spiro atoms. The number of hydrogen-bond donors (Lipinski definition) is 2. The molecule has 0 radical (unpaired) electrons. The number of benzene rings is 3. The van der Waals surface area contributed by atoms with Crippen LogP contribution in [0.4, 0.5) is 5.69 Å². The first-order valence-electron chi connectivity index (χ1n) is 9.31. The molecule has 0 atom stereocenters. The van der Waals surface area contributed by atoms with Crippen molar-refractivity contribution >= 4 is 57.2 Å². The van der Waals surface area contributed by atoms with Crippen LogP contribution in [-0.4, -0.2) is 24.0 Å². The summed E-state index contributed by atoms with van der Waals surface area (Å²) in [4.78, 5) is 36.6. The molecule has 0 aliphatic rings. The van der Waals surface area contributed by atoms with Gasteiger partial charge in [-0.25, -0.2) is 10.2 Å². The Morgan fingerprint density at radius 1 is 1.00 bits per heavy atom. The summed E-state index contributed by atoms with van der Waals surface area (Å²) in [5.74, 6) is -2.21. The van der Waals surface area contributed by atoms with Gasteiger partial charge in [0.25, 0.3) is 0 Å². The van der Waals surface area contributed by atoms with Gasteiger partial charge in [0.2, 0.25) is 0 Å². The van der Waals surface area contributed by atoms with Crippen LogP contribution in [-0.2, 0) is 9.59 Å². The van der Waals surface area contributed by atoms with Crippen LogP contribution >= 0.6 is 27.5 Å². The molecule has 3 aromatic rings. The average molecular weight is 515 g/mol. The lowest BCUT2D eigenvalue weighted by Crippen LogP contribution is -2.32. The van der Waals surface area contributed by atoms with E-state index in [1.165, 1.54) is 6.21 Å². The van der Waals surface area contributed by atoms with Crippen LogP contribution in [0.15, 0.2) is 76.3 Å². The number of halogens is 2. The molecule has 0 fully saturated rings. The predicted octanol–water partition coefficient (Wildman–Crippen LogP) is 4.72. The summed E-state index contributed by atoms with van der Waals surface area (Å²) < 4.78 is 6.21. The first-order chi connectivity index (χ1) is 15.3. The van der Waals surface area contributed by atoms with Gasteiger partial charge in [-0.3, -0.25) is 9.59 Å². The SMILES string of the molecule is Cc1ccccc1C(=O)Oc1ccc(Br)cc1/C=N/NC(=O)C(=O)Nc1ccccc1Cl. The molecule has 9 heteroatoms. The smallest absolute Gasteiger partial charge is 0.343 e. The van der Waals surface area contributed by atoms with Gasteiger partial charge in [0, 0.05) is 10.0 Å². The molecule has 0 aromatic heterocycles. The number of rotatable bonds is 5. The van der Waals surface area contributed by atoms with E-state index in [-0.39, 0.29) is 5.75 Å². The number of para-hydroxylation sites is 1. The maximum atomic E-state index is 12.5. The Kier molecular flexibility index (Phi) is 7.75. The summed E-state index contributed by atoms with van der Waals surface area (Å²) in [5.41, 5.74) is 4.06. The molecule has 0 saturated carbocycles. The molecular weight excluding hydrogens is 498 g/mol. The van der Waals surface area contributed by atoms with E-state index >= 15 is 0 Å². The Hall–Kier alpha value is -3.49. The van der Waals surface area contributed by atoms with Gasteiger partial charge in [-0.15, -0.1) is 0 Å². The van der Waals surface area contributed by atoms with E-state index in [1.54, 1.807) is 54.6 Å². The highest BCUT2D eigenvalue weighted by Crippen LogP contribution is 2.23. The third-order valence-corrected chi connectivity index (χ3v) is 5.06. The van der Waals surface area contributed by atoms with Crippen molar-refractivity contribution in [2.45, 2.75) is 6.92 Å². The van der Waals surface area contributed by atoms with E-state index in [0.29, 0.717) is 26.3 Å². The second-order valence-electron chi connectivity index (χ2n) is 6.52. The van der Waals surface area contributed by atoms with Gasteiger partial charge in [-0.05, 0) is 48.9 Å². The summed E-state index contributed by atoms with van der Waals surface area (Å²) in [7, 11) is 0. The van der Waals surface area contributed by atoms with E-state index in [1.807, 2.05) is 19.1 Å². The molecule has 3 aromatic carbocycles. The molecule has 32 heavy (non-hydrogen) atoms. The number of esters is 1. The molecular formula is C23H17BrClN3O4. The second-order valence-corrected chi connectivity index (χ2v) is 7.84. The zero-order chi connectivity index (χ0) is 23.1. The molecule has 0 aliphatic carbocycles. The predicted molar refractivity (Wildman–Crippen MR) is 126 cm³/mol. The highest BCUT2D eigenvalue weighted by molar-refractivity contribution is 9.10. The minimum absolute atomic E-state index is 0.236. The molecule has 0 heterocycles. The van der Waals surface area contributed by atoms with E-state index in [0.717, 1.165) is 5.56 Å². The normalized spacial score (nSPS) is 10.6.